The minimum Gasteiger partial charge on any atom is -0.398 e. The maximum Gasteiger partial charge on any atom is 0.0936 e. The average molecular weight is 280 g/mol. The Bertz CT molecular complexity index is 433. The van der Waals surface area contributed by atoms with E-state index in [1.54, 1.807) is 6.07 Å². The molecule has 2 rings (SSSR count). The number of nitrogens with zero attached hydrogens (tertiary/aromatic N) is 1. The molecular weight excluding hydrogens is 256 g/mol. The summed E-state index contributed by atoms with van der Waals surface area (Å²) in [5.74, 6) is 0. The molecule has 0 radical (unpaired) electrons. The van der Waals surface area contributed by atoms with Gasteiger partial charge in [-0.2, -0.15) is 0 Å². The van der Waals surface area contributed by atoms with E-state index in [-0.39, 0.29) is 0 Å². The van der Waals surface area contributed by atoms with Gasteiger partial charge in [-0.25, -0.2) is 0 Å². The van der Waals surface area contributed by atoms with Crippen LogP contribution in [0.2, 0.25) is 0 Å². The van der Waals surface area contributed by atoms with Crippen molar-refractivity contribution >= 4 is 5.69 Å². The van der Waals surface area contributed by atoms with Gasteiger partial charge in [0.1, 0.15) is 0 Å². The number of anilines is 1. The van der Waals surface area contributed by atoms with Gasteiger partial charge < -0.3 is 25.6 Å². The number of aliphatic hydroxyl groups is 2. The lowest BCUT2D eigenvalue weighted by atomic mass is 9.93. The second-order valence-electron chi connectivity index (χ2n) is 5.68. The second-order valence-corrected chi connectivity index (χ2v) is 5.68. The van der Waals surface area contributed by atoms with Crippen LogP contribution in [-0.2, 0) is 4.74 Å². The number of benzene rings is 1. The van der Waals surface area contributed by atoms with E-state index in [0.29, 0.717) is 44.8 Å². The quantitative estimate of drug-likeness (QED) is 0.695. The normalized spacial score (nSPS) is 20.0. The maximum atomic E-state index is 10.5. The molecule has 1 atom stereocenters. The Labute approximate surface area is 120 Å². The van der Waals surface area contributed by atoms with E-state index in [1.807, 2.05) is 30.1 Å². The highest BCUT2D eigenvalue weighted by Crippen LogP contribution is 2.24. The summed E-state index contributed by atoms with van der Waals surface area (Å²) < 4.78 is 5.27. The number of para-hydroxylation sites is 1. The van der Waals surface area contributed by atoms with Crippen molar-refractivity contribution in [1.29, 1.82) is 0 Å². The first-order chi connectivity index (χ1) is 9.50. The van der Waals surface area contributed by atoms with Crippen LogP contribution in [0.4, 0.5) is 5.69 Å². The van der Waals surface area contributed by atoms with E-state index in [9.17, 15) is 10.2 Å². The Kier molecular flexibility index (Phi) is 4.99. The van der Waals surface area contributed by atoms with Crippen LogP contribution in [0.3, 0.4) is 0 Å². The number of aliphatic hydroxyl groups excluding tert-OH is 1. The summed E-state index contributed by atoms with van der Waals surface area (Å²) in [5.41, 5.74) is 6.48. The summed E-state index contributed by atoms with van der Waals surface area (Å²) in [6, 6.07) is 7.32. The van der Waals surface area contributed by atoms with E-state index in [1.165, 1.54) is 0 Å². The fourth-order valence-electron chi connectivity index (χ4n) is 2.68. The summed E-state index contributed by atoms with van der Waals surface area (Å²) in [4.78, 5) is 1.95. The van der Waals surface area contributed by atoms with Crippen LogP contribution in [-0.4, -0.2) is 54.1 Å². The lowest BCUT2D eigenvalue weighted by Crippen LogP contribution is -2.46. The third kappa shape index (κ3) is 3.93. The minimum atomic E-state index is -0.713. The van der Waals surface area contributed by atoms with Crippen molar-refractivity contribution in [2.45, 2.75) is 24.5 Å². The van der Waals surface area contributed by atoms with Crippen LogP contribution in [0.5, 0.6) is 0 Å². The Hall–Kier alpha value is -1.14. The number of nitrogens with two attached hydrogens (primary N) is 1. The highest BCUT2D eigenvalue weighted by atomic mass is 16.5. The van der Waals surface area contributed by atoms with Crippen LogP contribution in [0.1, 0.15) is 24.5 Å². The maximum absolute atomic E-state index is 10.5. The minimum absolute atomic E-state index is 0.442. The molecule has 20 heavy (non-hydrogen) atoms. The number of ether oxygens (including phenoxy) is 1. The number of nitrogen functional groups attached to an aromatic ring is 1. The molecule has 0 amide bonds. The summed E-state index contributed by atoms with van der Waals surface area (Å²) >= 11 is 0. The topological polar surface area (TPSA) is 79.0 Å². The largest absolute Gasteiger partial charge is 0.398 e. The number of likely N-dealkylation sites (N-methyl/N-ethyl adjacent to an activating group) is 1. The number of rotatable bonds is 5. The van der Waals surface area contributed by atoms with E-state index in [4.69, 9.17) is 10.5 Å². The first-order valence-corrected chi connectivity index (χ1v) is 7.01. The van der Waals surface area contributed by atoms with Crippen molar-refractivity contribution in [3.8, 4) is 0 Å². The lowest BCUT2D eigenvalue weighted by Gasteiger charge is -2.36. The average Bonchev–Trinajstić information content (AvgIpc) is 2.39. The van der Waals surface area contributed by atoms with Gasteiger partial charge in [0.25, 0.3) is 0 Å². The van der Waals surface area contributed by atoms with E-state index in [2.05, 4.69) is 0 Å². The Morgan fingerprint density at radius 2 is 2.00 bits per heavy atom. The van der Waals surface area contributed by atoms with E-state index < -0.39 is 11.7 Å². The summed E-state index contributed by atoms with van der Waals surface area (Å²) in [7, 11) is 1.90. The molecule has 1 aliphatic heterocycles. The molecule has 1 unspecified atom stereocenters. The first-order valence-electron chi connectivity index (χ1n) is 7.01. The molecule has 0 aromatic heterocycles. The molecule has 1 heterocycles. The molecule has 1 aromatic rings. The second kappa shape index (κ2) is 6.54. The summed E-state index contributed by atoms with van der Waals surface area (Å²) in [6.07, 6.45) is 0.631. The van der Waals surface area contributed by atoms with Gasteiger partial charge in [0, 0.05) is 50.4 Å². The van der Waals surface area contributed by atoms with Gasteiger partial charge in [-0.15, -0.1) is 0 Å². The zero-order valence-corrected chi connectivity index (χ0v) is 12.0. The van der Waals surface area contributed by atoms with Gasteiger partial charge in [0.2, 0.25) is 0 Å². The van der Waals surface area contributed by atoms with Crippen molar-refractivity contribution in [2.75, 3.05) is 39.1 Å². The van der Waals surface area contributed by atoms with Gasteiger partial charge in [-0.1, -0.05) is 18.2 Å². The van der Waals surface area contributed by atoms with Crippen LogP contribution in [0, 0.1) is 0 Å². The van der Waals surface area contributed by atoms with Crippen molar-refractivity contribution in [3.63, 3.8) is 0 Å². The Balaban J connectivity index is 1.91. The van der Waals surface area contributed by atoms with Crippen molar-refractivity contribution in [3.05, 3.63) is 29.8 Å². The molecule has 0 aliphatic carbocycles. The lowest BCUT2D eigenvalue weighted by molar-refractivity contribution is -0.0799. The van der Waals surface area contributed by atoms with Crippen molar-refractivity contribution < 1.29 is 14.9 Å². The smallest absolute Gasteiger partial charge is 0.0936 e. The molecule has 112 valence electrons. The van der Waals surface area contributed by atoms with Crippen molar-refractivity contribution in [1.82, 2.24) is 4.90 Å². The predicted molar refractivity (Wildman–Crippen MR) is 78.3 cm³/mol. The summed E-state index contributed by atoms with van der Waals surface area (Å²) in [5, 5.41) is 20.7. The zero-order chi connectivity index (χ0) is 14.6. The number of hydrogen-bond donors (Lipinski definition) is 3. The molecule has 0 bridgehead atoms. The molecule has 1 saturated heterocycles. The molecule has 4 N–H and O–H groups in total. The van der Waals surface area contributed by atoms with Crippen LogP contribution in [0.15, 0.2) is 24.3 Å². The fourth-order valence-corrected chi connectivity index (χ4v) is 2.68. The van der Waals surface area contributed by atoms with Crippen molar-refractivity contribution in [2.24, 2.45) is 0 Å². The zero-order valence-electron chi connectivity index (χ0n) is 12.0. The predicted octanol–water partition coefficient (Wildman–Crippen LogP) is 0.775. The molecule has 5 nitrogen and oxygen atoms in total. The third-order valence-corrected chi connectivity index (χ3v) is 3.83. The van der Waals surface area contributed by atoms with Gasteiger partial charge in [-0.3, -0.25) is 0 Å². The standard InChI is InChI=1S/C15H24N2O3/c1-17(11-15(19)6-8-20-9-7-15)10-14(18)12-4-2-3-5-13(12)16/h2-5,14,18-19H,6-11,16H2,1H3. The molecule has 1 aliphatic rings. The van der Waals surface area contributed by atoms with Crippen LogP contribution < -0.4 is 5.73 Å². The fraction of sp³-hybridized carbons (Fsp3) is 0.600. The highest BCUT2D eigenvalue weighted by Gasteiger charge is 2.31. The van der Waals surface area contributed by atoms with Gasteiger partial charge in [-0.05, 0) is 13.1 Å². The molecule has 5 heteroatoms. The monoisotopic (exact) mass is 280 g/mol. The van der Waals surface area contributed by atoms with Gasteiger partial charge in [0.05, 0.1) is 11.7 Å². The molecule has 1 fully saturated rings. The van der Waals surface area contributed by atoms with Crippen LogP contribution in [0.25, 0.3) is 0 Å². The Morgan fingerprint density at radius 3 is 2.65 bits per heavy atom. The molecule has 1 aromatic carbocycles. The molecular formula is C15H24N2O3. The SMILES string of the molecule is CN(CC(O)c1ccccc1N)CC1(O)CCOCC1. The highest BCUT2D eigenvalue weighted by molar-refractivity contribution is 5.47. The third-order valence-electron chi connectivity index (χ3n) is 3.83. The van der Waals surface area contributed by atoms with Gasteiger partial charge in [0.15, 0.2) is 0 Å². The molecule has 0 spiro atoms. The first kappa shape index (κ1) is 15.3. The van der Waals surface area contributed by atoms with E-state index in [0.717, 1.165) is 5.56 Å². The Morgan fingerprint density at radius 1 is 1.35 bits per heavy atom. The van der Waals surface area contributed by atoms with E-state index >= 15 is 0 Å². The number of hydrogen-bond acceptors (Lipinski definition) is 5. The summed E-state index contributed by atoms with van der Waals surface area (Å²) in [6.45, 7) is 2.16. The molecule has 0 saturated carbocycles. The van der Waals surface area contributed by atoms with Crippen LogP contribution >= 0.6 is 0 Å². The van der Waals surface area contributed by atoms with Gasteiger partial charge >= 0.3 is 0 Å².